The van der Waals surface area contributed by atoms with Crippen molar-refractivity contribution in [3.8, 4) is 5.75 Å². The molecule has 0 spiro atoms. The first kappa shape index (κ1) is 11.4. The van der Waals surface area contributed by atoms with E-state index in [2.05, 4.69) is 10.7 Å². The predicted molar refractivity (Wildman–Crippen MR) is 74.0 cm³/mol. The van der Waals surface area contributed by atoms with Crippen LogP contribution in [0, 0.1) is 4.91 Å². The summed E-state index contributed by atoms with van der Waals surface area (Å²) in [5.74, 6) is -0.0234. The van der Waals surface area contributed by atoms with Crippen LogP contribution < -0.4 is 5.48 Å². The molecule has 3 aromatic carbocycles. The van der Waals surface area contributed by atoms with Crippen molar-refractivity contribution in [2.24, 2.45) is 5.18 Å². The van der Waals surface area contributed by atoms with Gasteiger partial charge in [0.05, 0.1) is 11.1 Å². The fourth-order valence-corrected chi connectivity index (χ4v) is 2.40. The molecule has 0 saturated heterocycles. The maximum absolute atomic E-state index is 11.1. The quantitative estimate of drug-likeness (QED) is 0.368. The minimum atomic E-state index is -0.0234. The minimum Gasteiger partial charge on any atom is -0.507 e. The average molecular weight is 254 g/mol. The van der Waals surface area contributed by atoms with Gasteiger partial charge in [0.2, 0.25) is 0 Å². The lowest BCUT2D eigenvalue weighted by molar-refractivity contribution is 0.390. The molecule has 19 heavy (non-hydrogen) atoms. The van der Waals surface area contributed by atoms with Crippen LogP contribution in [0.2, 0.25) is 0 Å². The standard InChI is InChI=1S/C14H10N2O3/c17-11-7-3-6-10-12(11)14(16-19)9-5-2-1-4-8(9)13(10)15-18/h1-7,16-17,19H. The lowest BCUT2D eigenvalue weighted by Crippen LogP contribution is -1.93. The number of anilines is 1. The van der Waals surface area contributed by atoms with Gasteiger partial charge in [-0.2, -0.15) is 0 Å². The third-order valence-corrected chi connectivity index (χ3v) is 3.20. The van der Waals surface area contributed by atoms with E-state index >= 15 is 0 Å². The van der Waals surface area contributed by atoms with E-state index in [1.807, 2.05) is 0 Å². The summed E-state index contributed by atoms with van der Waals surface area (Å²) >= 11 is 0. The molecule has 0 aliphatic rings. The molecule has 0 unspecified atom stereocenters. The smallest absolute Gasteiger partial charge is 0.125 e. The number of rotatable bonds is 2. The van der Waals surface area contributed by atoms with Gasteiger partial charge in [0, 0.05) is 16.2 Å². The fraction of sp³-hybridized carbons (Fsp3) is 0. The number of nitrogens with one attached hydrogen (secondary N) is 1. The third-order valence-electron chi connectivity index (χ3n) is 3.20. The van der Waals surface area contributed by atoms with E-state index in [-0.39, 0.29) is 11.4 Å². The van der Waals surface area contributed by atoms with E-state index in [1.165, 1.54) is 6.07 Å². The monoisotopic (exact) mass is 254 g/mol. The zero-order valence-corrected chi connectivity index (χ0v) is 9.79. The number of nitrogens with zero attached hydrogens (tertiary/aromatic N) is 1. The van der Waals surface area contributed by atoms with E-state index in [0.29, 0.717) is 27.2 Å². The van der Waals surface area contributed by atoms with Gasteiger partial charge in [0.25, 0.3) is 0 Å². The summed E-state index contributed by atoms with van der Waals surface area (Å²) in [6, 6.07) is 11.9. The van der Waals surface area contributed by atoms with Crippen LogP contribution in [0.25, 0.3) is 21.5 Å². The lowest BCUT2D eigenvalue weighted by Gasteiger charge is -2.12. The molecule has 0 amide bonds. The fourth-order valence-electron chi connectivity index (χ4n) is 2.40. The van der Waals surface area contributed by atoms with Crippen molar-refractivity contribution in [2.45, 2.75) is 0 Å². The molecule has 0 fully saturated rings. The van der Waals surface area contributed by atoms with Gasteiger partial charge in [-0.1, -0.05) is 36.4 Å². The van der Waals surface area contributed by atoms with E-state index in [9.17, 15) is 15.2 Å². The first-order valence-corrected chi connectivity index (χ1v) is 5.67. The normalized spacial score (nSPS) is 10.8. The average Bonchev–Trinajstić information content (AvgIpc) is 2.45. The predicted octanol–water partition coefficient (Wildman–Crippen LogP) is 3.90. The molecule has 94 valence electrons. The number of fused-ring (bicyclic) bond motifs is 2. The van der Waals surface area contributed by atoms with Crippen LogP contribution in [0.5, 0.6) is 5.75 Å². The van der Waals surface area contributed by atoms with Crippen LogP contribution in [0.1, 0.15) is 0 Å². The second-order valence-electron chi connectivity index (χ2n) is 4.17. The Morgan fingerprint density at radius 2 is 1.63 bits per heavy atom. The number of phenolic OH excluding ortho intramolecular Hbond substituents is 1. The second-order valence-corrected chi connectivity index (χ2v) is 4.17. The molecular formula is C14H10N2O3. The van der Waals surface area contributed by atoms with Crippen LogP contribution in [0.3, 0.4) is 0 Å². The van der Waals surface area contributed by atoms with Crippen LogP contribution in [-0.2, 0) is 0 Å². The number of hydrogen-bond donors (Lipinski definition) is 3. The largest absolute Gasteiger partial charge is 0.507 e. The molecule has 0 aliphatic carbocycles. The molecule has 3 N–H and O–H groups in total. The van der Waals surface area contributed by atoms with E-state index in [0.717, 1.165) is 0 Å². The third kappa shape index (κ3) is 1.52. The number of phenols is 1. The van der Waals surface area contributed by atoms with Crippen molar-refractivity contribution < 1.29 is 10.3 Å². The molecular weight excluding hydrogens is 244 g/mol. The Hall–Kier alpha value is -2.66. The molecule has 0 saturated carbocycles. The zero-order valence-electron chi connectivity index (χ0n) is 9.79. The van der Waals surface area contributed by atoms with Crippen molar-refractivity contribution in [2.75, 3.05) is 5.48 Å². The molecule has 3 rings (SSSR count). The first-order valence-electron chi connectivity index (χ1n) is 5.67. The maximum atomic E-state index is 11.1. The second kappa shape index (κ2) is 4.22. The number of aromatic hydroxyl groups is 1. The van der Waals surface area contributed by atoms with Gasteiger partial charge in [-0.15, -0.1) is 4.91 Å². The Bertz CT molecular complexity index is 799. The number of hydrogen-bond acceptors (Lipinski definition) is 5. The van der Waals surface area contributed by atoms with Crippen LogP contribution in [0.4, 0.5) is 11.4 Å². The molecule has 0 aromatic heterocycles. The summed E-state index contributed by atoms with van der Waals surface area (Å²) in [7, 11) is 0. The molecule has 5 heteroatoms. The van der Waals surface area contributed by atoms with Gasteiger partial charge in [-0.25, -0.2) is 0 Å². The van der Waals surface area contributed by atoms with Crippen LogP contribution in [-0.4, -0.2) is 10.3 Å². The van der Waals surface area contributed by atoms with Gasteiger partial charge < -0.3 is 5.11 Å². The summed E-state index contributed by atoms with van der Waals surface area (Å²) < 4.78 is 0. The van der Waals surface area contributed by atoms with E-state index < -0.39 is 0 Å². The Morgan fingerprint density at radius 3 is 2.32 bits per heavy atom. The summed E-state index contributed by atoms with van der Waals surface area (Å²) in [4.78, 5) is 11.1. The topological polar surface area (TPSA) is 81.9 Å². The van der Waals surface area contributed by atoms with Crippen molar-refractivity contribution >= 4 is 32.9 Å². The van der Waals surface area contributed by atoms with E-state index in [4.69, 9.17) is 0 Å². The molecule has 0 heterocycles. The highest BCUT2D eigenvalue weighted by Gasteiger charge is 2.16. The Kier molecular flexibility index (Phi) is 2.54. The molecule has 0 aliphatic heterocycles. The van der Waals surface area contributed by atoms with Gasteiger partial charge >= 0.3 is 0 Å². The minimum absolute atomic E-state index is 0.0234. The Balaban J connectivity index is 2.69. The van der Waals surface area contributed by atoms with E-state index in [1.54, 1.807) is 36.4 Å². The maximum Gasteiger partial charge on any atom is 0.125 e. The first-order chi connectivity index (χ1) is 9.27. The Labute approximate surface area is 108 Å². The molecule has 0 bridgehead atoms. The molecule has 0 atom stereocenters. The van der Waals surface area contributed by atoms with Gasteiger partial charge in [-0.3, -0.25) is 10.7 Å². The zero-order chi connectivity index (χ0) is 13.4. The summed E-state index contributed by atoms with van der Waals surface area (Å²) in [6.07, 6.45) is 0. The van der Waals surface area contributed by atoms with Gasteiger partial charge in [-0.05, 0) is 11.2 Å². The molecule has 3 aromatic rings. The van der Waals surface area contributed by atoms with Crippen molar-refractivity contribution in [1.82, 2.24) is 0 Å². The van der Waals surface area contributed by atoms with Crippen molar-refractivity contribution in [3.05, 3.63) is 47.4 Å². The van der Waals surface area contributed by atoms with Gasteiger partial charge in [0.1, 0.15) is 11.4 Å². The highest BCUT2D eigenvalue weighted by Crippen LogP contribution is 2.44. The molecule has 5 nitrogen and oxygen atoms in total. The summed E-state index contributed by atoms with van der Waals surface area (Å²) in [6.45, 7) is 0. The van der Waals surface area contributed by atoms with Crippen LogP contribution in [0.15, 0.2) is 47.6 Å². The van der Waals surface area contributed by atoms with Crippen molar-refractivity contribution in [1.29, 1.82) is 0 Å². The highest BCUT2D eigenvalue weighted by molar-refractivity contribution is 6.20. The highest BCUT2D eigenvalue weighted by atomic mass is 16.5. The number of nitroso groups, excluding NO2 is 1. The Morgan fingerprint density at radius 1 is 0.947 bits per heavy atom. The van der Waals surface area contributed by atoms with Crippen molar-refractivity contribution in [3.63, 3.8) is 0 Å². The van der Waals surface area contributed by atoms with Gasteiger partial charge in [0.15, 0.2) is 0 Å². The number of benzene rings is 3. The summed E-state index contributed by atoms with van der Waals surface area (Å²) in [5.41, 5.74) is 2.71. The SMILES string of the molecule is O=Nc1c2ccccc2c(NO)c2c(O)cccc12. The molecule has 0 radical (unpaired) electrons. The summed E-state index contributed by atoms with van der Waals surface area (Å²) in [5, 5.41) is 24.5. The van der Waals surface area contributed by atoms with Crippen LogP contribution >= 0.6 is 0 Å². The lowest BCUT2D eigenvalue weighted by atomic mass is 9.98.